The molecule has 0 radical (unpaired) electrons. The average Bonchev–Trinajstić information content (AvgIpc) is 2.62. The van der Waals surface area contributed by atoms with Crippen molar-refractivity contribution < 1.29 is 22.4 Å². The van der Waals surface area contributed by atoms with Gasteiger partial charge in [-0.2, -0.15) is 13.2 Å². The van der Waals surface area contributed by atoms with Gasteiger partial charge in [0.1, 0.15) is 5.82 Å². The fourth-order valence-electron chi connectivity index (χ4n) is 2.32. The highest BCUT2D eigenvalue weighted by Gasteiger charge is 2.31. The summed E-state index contributed by atoms with van der Waals surface area (Å²) in [6.07, 6.45) is -2.21. The SMILES string of the molecule is O=C(Nc1cnc(-c2cc(C(F)(F)F)ccc2Cl)cn1)c1c(F)cccc1I. The number of rotatable bonds is 3. The van der Waals surface area contributed by atoms with Crippen LogP contribution in [0.2, 0.25) is 5.02 Å². The van der Waals surface area contributed by atoms with Gasteiger partial charge in [0.15, 0.2) is 5.82 Å². The highest BCUT2D eigenvalue weighted by atomic mass is 127. The Hall–Kier alpha value is -2.27. The van der Waals surface area contributed by atoms with Gasteiger partial charge >= 0.3 is 6.18 Å². The molecule has 144 valence electrons. The van der Waals surface area contributed by atoms with E-state index in [2.05, 4.69) is 15.3 Å². The van der Waals surface area contributed by atoms with Crippen molar-refractivity contribution in [1.82, 2.24) is 9.97 Å². The molecule has 3 rings (SSSR count). The van der Waals surface area contributed by atoms with Crippen molar-refractivity contribution in [1.29, 1.82) is 0 Å². The Bertz CT molecular complexity index is 1020. The number of halogens is 6. The van der Waals surface area contributed by atoms with E-state index >= 15 is 0 Å². The number of aromatic nitrogens is 2. The molecular weight excluding hydrogens is 513 g/mol. The van der Waals surface area contributed by atoms with Crippen LogP contribution in [0.25, 0.3) is 11.3 Å². The second kappa shape index (κ2) is 8.00. The summed E-state index contributed by atoms with van der Waals surface area (Å²) in [6.45, 7) is 0. The number of carbonyl (C=O) groups is 1. The van der Waals surface area contributed by atoms with Gasteiger partial charge in [-0.15, -0.1) is 0 Å². The molecule has 1 aromatic heterocycles. The number of nitrogens with one attached hydrogen (secondary N) is 1. The maximum absolute atomic E-state index is 13.9. The summed E-state index contributed by atoms with van der Waals surface area (Å²) in [6, 6.07) is 7.05. The monoisotopic (exact) mass is 521 g/mol. The lowest BCUT2D eigenvalue weighted by Gasteiger charge is -2.11. The topological polar surface area (TPSA) is 54.9 Å². The molecule has 28 heavy (non-hydrogen) atoms. The molecule has 1 heterocycles. The molecule has 0 unspecified atom stereocenters. The number of alkyl halides is 3. The maximum Gasteiger partial charge on any atom is 0.416 e. The van der Waals surface area contributed by atoms with Crippen molar-refractivity contribution in [2.24, 2.45) is 0 Å². The number of benzene rings is 2. The fourth-order valence-corrected chi connectivity index (χ4v) is 3.25. The lowest BCUT2D eigenvalue weighted by molar-refractivity contribution is -0.137. The van der Waals surface area contributed by atoms with Crippen molar-refractivity contribution in [3.63, 3.8) is 0 Å². The third-order valence-corrected chi connectivity index (χ3v) is 4.88. The first-order valence-electron chi connectivity index (χ1n) is 7.61. The van der Waals surface area contributed by atoms with Gasteiger partial charge in [0.25, 0.3) is 5.91 Å². The maximum atomic E-state index is 13.9. The molecule has 3 aromatic rings. The van der Waals surface area contributed by atoms with Crippen molar-refractivity contribution in [3.8, 4) is 11.3 Å². The van der Waals surface area contributed by atoms with E-state index in [1.807, 2.05) is 22.6 Å². The minimum absolute atomic E-state index is 0.0101. The zero-order chi connectivity index (χ0) is 20.5. The molecule has 10 heteroatoms. The predicted octanol–water partition coefficient (Wildman–Crippen LogP) is 5.81. The van der Waals surface area contributed by atoms with Gasteiger partial charge in [0.2, 0.25) is 0 Å². The average molecular weight is 522 g/mol. The van der Waals surface area contributed by atoms with Crippen LogP contribution in [-0.2, 0) is 6.18 Å². The van der Waals surface area contributed by atoms with E-state index in [1.54, 1.807) is 6.07 Å². The molecule has 1 amide bonds. The smallest absolute Gasteiger partial charge is 0.305 e. The Kier molecular flexibility index (Phi) is 5.84. The summed E-state index contributed by atoms with van der Waals surface area (Å²) in [5.41, 5.74) is -0.879. The molecule has 4 nitrogen and oxygen atoms in total. The highest BCUT2D eigenvalue weighted by Crippen LogP contribution is 2.35. The number of hydrogen-bond donors (Lipinski definition) is 1. The quantitative estimate of drug-likeness (QED) is 0.350. The molecule has 0 aliphatic carbocycles. The summed E-state index contributed by atoms with van der Waals surface area (Å²) >= 11 is 7.80. The molecule has 0 aliphatic heterocycles. The van der Waals surface area contributed by atoms with Crippen molar-refractivity contribution in [2.45, 2.75) is 6.18 Å². The second-order valence-electron chi connectivity index (χ2n) is 5.53. The first kappa shape index (κ1) is 20.5. The van der Waals surface area contributed by atoms with Crippen LogP contribution in [0, 0.1) is 9.39 Å². The van der Waals surface area contributed by atoms with Gasteiger partial charge in [0, 0.05) is 9.13 Å². The van der Waals surface area contributed by atoms with Crippen LogP contribution in [0.1, 0.15) is 15.9 Å². The largest absolute Gasteiger partial charge is 0.416 e. The zero-order valence-electron chi connectivity index (χ0n) is 13.7. The Balaban J connectivity index is 1.86. The van der Waals surface area contributed by atoms with Crippen LogP contribution in [0.3, 0.4) is 0 Å². The molecule has 1 N–H and O–H groups in total. The predicted molar refractivity (Wildman–Crippen MR) is 105 cm³/mol. The van der Waals surface area contributed by atoms with E-state index in [9.17, 15) is 22.4 Å². The third kappa shape index (κ3) is 4.41. The van der Waals surface area contributed by atoms with Gasteiger partial charge in [-0.05, 0) is 52.9 Å². The minimum Gasteiger partial charge on any atom is -0.305 e. The summed E-state index contributed by atoms with van der Waals surface area (Å²) in [5.74, 6) is -1.40. The molecule has 0 spiro atoms. The number of amides is 1. The number of anilines is 1. The van der Waals surface area contributed by atoms with Crippen LogP contribution in [0.15, 0.2) is 48.8 Å². The van der Waals surface area contributed by atoms with Gasteiger partial charge in [0.05, 0.1) is 34.2 Å². The lowest BCUT2D eigenvalue weighted by Crippen LogP contribution is -2.16. The van der Waals surface area contributed by atoms with E-state index in [0.29, 0.717) is 3.57 Å². The lowest BCUT2D eigenvalue weighted by atomic mass is 10.1. The molecular formula is C18H9ClF4IN3O. The van der Waals surface area contributed by atoms with Gasteiger partial charge in [-0.1, -0.05) is 17.7 Å². The highest BCUT2D eigenvalue weighted by molar-refractivity contribution is 14.1. The fraction of sp³-hybridized carbons (Fsp3) is 0.0556. The number of hydrogen-bond acceptors (Lipinski definition) is 3. The van der Waals surface area contributed by atoms with Crippen molar-refractivity contribution in [3.05, 3.63) is 74.3 Å². The summed E-state index contributed by atoms with van der Waals surface area (Å²) < 4.78 is 52.9. The molecule has 0 atom stereocenters. The van der Waals surface area contributed by atoms with E-state index in [1.165, 1.54) is 12.3 Å². The van der Waals surface area contributed by atoms with Crippen LogP contribution in [0.4, 0.5) is 23.4 Å². The van der Waals surface area contributed by atoms with E-state index < -0.39 is 23.5 Å². The molecule has 2 aromatic carbocycles. The van der Waals surface area contributed by atoms with Crippen molar-refractivity contribution >= 4 is 45.9 Å². The summed E-state index contributed by atoms with van der Waals surface area (Å²) in [5, 5.41) is 2.47. The Morgan fingerprint density at radius 2 is 1.86 bits per heavy atom. The number of nitrogens with zero attached hydrogens (tertiary/aromatic N) is 2. The Labute approximate surface area is 175 Å². The second-order valence-corrected chi connectivity index (χ2v) is 7.10. The van der Waals surface area contributed by atoms with Crippen LogP contribution in [-0.4, -0.2) is 15.9 Å². The normalized spacial score (nSPS) is 11.4. The standard InChI is InChI=1S/C18H9ClF4IN3O/c19-11-5-4-9(18(21,22)23)6-10(11)14-7-26-15(8-25-14)27-17(28)16-12(20)2-1-3-13(16)24/h1-8H,(H,26,27,28). The first-order chi connectivity index (χ1) is 13.2. The van der Waals surface area contributed by atoms with Crippen LogP contribution < -0.4 is 5.32 Å². The summed E-state index contributed by atoms with van der Waals surface area (Å²) in [4.78, 5) is 20.2. The van der Waals surface area contributed by atoms with E-state index in [-0.39, 0.29) is 27.7 Å². The third-order valence-electron chi connectivity index (χ3n) is 3.65. The van der Waals surface area contributed by atoms with E-state index in [4.69, 9.17) is 11.6 Å². The Morgan fingerprint density at radius 3 is 2.46 bits per heavy atom. The minimum atomic E-state index is -4.53. The van der Waals surface area contributed by atoms with Crippen molar-refractivity contribution in [2.75, 3.05) is 5.32 Å². The molecule has 0 fully saturated rings. The number of carbonyl (C=O) groups excluding carboxylic acids is 1. The van der Waals surface area contributed by atoms with Gasteiger partial charge in [-0.25, -0.2) is 9.37 Å². The molecule has 0 aliphatic rings. The molecule has 0 saturated heterocycles. The van der Waals surface area contributed by atoms with Gasteiger partial charge in [-0.3, -0.25) is 9.78 Å². The molecule has 0 bridgehead atoms. The van der Waals surface area contributed by atoms with Crippen LogP contribution >= 0.6 is 34.2 Å². The van der Waals surface area contributed by atoms with Gasteiger partial charge < -0.3 is 5.32 Å². The first-order valence-corrected chi connectivity index (χ1v) is 9.07. The zero-order valence-corrected chi connectivity index (χ0v) is 16.6. The Morgan fingerprint density at radius 1 is 1.11 bits per heavy atom. The van der Waals surface area contributed by atoms with Crippen LogP contribution in [0.5, 0.6) is 0 Å². The van der Waals surface area contributed by atoms with E-state index in [0.717, 1.165) is 30.5 Å². The molecule has 0 saturated carbocycles. The summed E-state index contributed by atoms with van der Waals surface area (Å²) in [7, 11) is 0.